The number of hydrogen-bond acceptors (Lipinski definition) is 4. The molecule has 164 valence electrons. The summed E-state index contributed by atoms with van der Waals surface area (Å²) < 4.78 is 15.1. The van der Waals surface area contributed by atoms with E-state index in [0.717, 1.165) is 29.8 Å². The first-order valence-electron chi connectivity index (χ1n) is 10.8. The van der Waals surface area contributed by atoms with E-state index in [4.69, 9.17) is 10.7 Å². The van der Waals surface area contributed by atoms with Gasteiger partial charge in [-0.05, 0) is 74.3 Å². The Morgan fingerprint density at radius 3 is 2.41 bits per heavy atom. The maximum Gasteiger partial charge on any atom is 0.262 e. The lowest BCUT2D eigenvalue weighted by atomic mass is 10.0. The molecule has 0 aliphatic heterocycles. The summed E-state index contributed by atoms with van der Waals surface area (Å²) in [7, 11) is 1.89. The fraction of sp³-hybridized carbons (Fsp3) is 0.231. The van der Waals surface area contributed by atoms with Gasteiger partial charge in [-0.2, -0.15) is 0 Å². The molecule has 0 aliphatic rings. The van der Waals surface area contributed by atoms with E-state index in [2.05, 4.69) is 0 Å². The quantitative estimate of drug-likeness (QED) is 0.451. The zero-order valence-electron chi connectivity index (χ0n) is 18.3. The Balaban J connectivity index is 1.83. The molecular weight excluding hydrogens is 403 g/mol. The van der Waals surface area contributed by atoms with E-state index in [-0.39, 0.29) is 17.4 Å². The standard InChI is InChI=1S/C26H27FN4O/c1-18-29-24-15-14-22(30(2)21-12-10-20(27)11-13-21)17-23(24)26(32)31(18)25(9-6-16-28)19-7-4-3-5-8-19/h3-5,7-8,10-15,17,25H,6,9,16,28H2,1-2H3. The molecule has 1 unspecified atom stereocenters. The molecule has 0 aliphatic carbocycles. The summed E-state index contributed by atoms with van der Waals surface area (Å²) in [6.07, 6.45) is 1.56. The first kappa shape index (κ1) is 21.7. The lowest BCUT2D eigenvalue weighted by Crippen LogP contribution is -2.29. The van der Waals surface area contributed by atoms with E-state index in [1.165, 1.54) is 12.1 Å². The smallest absolute Gasteiger partial charge is 0.262 e. The molecule has 4 rings (SSSR count). The van der Waals surface area contributed by atoms with Crippen LogP contribution in [-0.2, 0) is 0 Å². The van der Waals surface area contributed by atoms with Crippen LogP contribution in [0.15, 0.2) is 77.6 Å². The number of fused-ring (bicyclic) bond motifs is 1. The molecule has 0 spiro atoms. The van der Waals surface area contributed by atoms with Gasteiger partial charge in [0.25, 0.3) is 5.56 Å². The van der Waals surface area contributed by atoms with Crippen molar-refractivity contribution in [3.63, 3.8) is 0 Å². The number of nitrogens with two attached hydrogens (primary N) is 1. The Morgan fingerprint density at radius 1 is 1.03 bits per heavy atom. The van der Waals surface area contributed by atoms with Crippen LogP contribution in [-0.4, -0.2) is 23.1 Å². The Hall–Kier alpha value is -3.51. The minimum atomic E-state index is -0.285. The molecule has 4 aromatic rings. The van der Waals surface area contributed by atoms with Crippen LogP contribution in [0.25, 0.3) is 10.9 Å². The van der Waals surface area contributed by atoms with Gasteiger partial charge in [-0.1, -0.05) is 30.3 Å². The molecule has 1 heterocycles. The summed E-state index contributed by atoms with van der Waals surface area (Å²) in [6.45, 7) is 2.43. The number of aromatic nitrogens is 2. The molecule has 1 atom stereocenters. The molecule has 0 saturated carbocycles. The monoisotopic (exact) mass is 430 g/mol. The highest BCUT2D eigenvalue weighted by Crippen LogP contribution is 2.28. The lowest BCUT2D eigenvalue weighted by molar-refractivity contribution is 0.494. The highest BCUT2D eigenvalue weighted by molar-refractivity contribution is 5.83. The minimum absolute atomic E-state index is 0.0762. The Kier molecular flexibility index (Phi) is 6.32. The lowest BCUT2D eigenvalue weighted by Gasteiger charge is -2.23. The molecule has 6 heteroatoms. The van der Waals surface area contributed by atoms with Crippen molar-refractivity contribution in [2.45, 2.75) is 25.8 Å². The zero-order chi connectivity index (χ0) is 22.7. The number of hydrogen-bond donors (Lipinski definition) is 1. The summed E-state index contributed by atoms with van der Waals surface area (Å²) >= 11 is 0. The Bertz CT molecular complexity index is 1270. The van der Waals surface area contributed by atoms with Gasteiger partial charge >= 0.3 is 0 Å². The number of rotatable bonds is 7. The third kappa shape index (κ3) is 4.27. The van der Waals surface area contributed by atoms with Gasteiger partial charge < -0.3 is 10.6 Å². The van der Waals surface area contributed by atoms with Crippen molar-refractivity contribution >= 4 is 22.3 Å². The van der Waals surface area contributed by atoms with Gasteiger partial charge in [-0.3, -0.25) is 9.36 Å². The molecule has 1 aromatic heterocycles. The number of benzene rings is 3. The maximum atomic E-state index is 13.7. The fourth-order valence-corrected chi connectivity index (χ4v) is 4.12. The largest absolute Gasteiger partial charge is 0.345 e. The van der Waals surface area contributed by atoms with Crippen LogP contribution in [0.4, 0.5) is 15.8 Å². The van der Waals surface area contributed by atoms with Gasteiger partial charge in [0.15, 0.2) is 0 Å². The van der Waals surface area contributed by atoms with Crippen molar-refractivity contribution in [2.24, 2.45) is 5.73 Å². The third-order valence-electron chi connectivity index (χ3n) is 5.84. The topological polar surface area (TPSA) is 64.2 Å². The molecule has 2 N–H and O–H groups in total. The average Bonchev–Trinajstić information content (AvgIpc) is 2.81. The fourth-order valence-electron chi connectivity index (χ4n) is 4.12. The second-order valence-electron chi connectivity index (χ2n) is 7.93. The van der Waals surface area contributed by atoms with Crippen molar-refractivity contribution in [1.29, 1.82) is 0 Å². The zero-order valence-corrected chi connectivity index (χ0v) is 18.3. The van der Waals surface area contributed by atoms with E-state index in [9.17, 15) is 9.18 Å². The first-order valence-corrected chi connectivity index (χ1v) is 10.8. The van der Waals surface area contributed by atoms with E-state index in [0.29, 0.717) is 23.3 Å². The van der Waals surface area contributed by atoms with Crippen LogP contribution in [0, 0.1) is 12.7 Å². The Labute approximate surface area is 186 Å². The summed E-state index contributed by atoms with van der Waals surface area (Å²) in [5.41, 5.74) is 9.09. The van der Waals surface area contributed by atoms with Gasteiger partial charge in [0.2, 0.25) is 0 Å². The molecule has 0 radical (unpaired) electrons. The molecule has 0 saturated heterocycles. The van der Waals surface area contributed by atoms with Crippen molar-refractivity contribution in [2.75, 3.05) is 18.5 Å². The molecular formula is C26H27FN4O. The van der Waals surface area contributed by atoms with Crippen molar-refractivity contribution in [3.8, 4) is 0 Å². The normalized spacial score (nSPS) is 12.1. The molecule has 5 nitrogen and oxygen atoms in total. The van der Waals surface area contributed by atoms with Crippen molar-refractivity contribution in [1.82, 2.24) is 9.55 Å². The van der Waals surface area contributed by atoms with E-state index < -0.39 is 0 Å². The van der Waals surface area contributed by atoms with Gasteiger partial charge in [0.1, 0.15) is 11.6 Å². The summed E-state index contributed by atoms with van der Waals surface area (Å²) in [5, 5.41) is 0.552. The number of nitrogens with zero attached hydrogens (tertiary/aromatic N) is 3. The summed E-state index contributed by atoms with van der Waals surface area (Å²) in [4.78, 5) is 20.4. The summed E-state index contributed by atoms with van der Waals surface area (Å²) in [5.74, 6) is 0.390. The third-order valence-corrected chi connectivity index (χ3v) is 5.84. The van der Waals surface area contributed by atoms with Crippen LogP contribution in [0.2, 0.25) is 0 Å². The molecule has 0 bridgehead atoms. The highest BCUT2D eigenvalue weighted by Gasteiger charge is 2.19. The van der Waals surface area contributed by atoms with Crippen LogP contribution < -0.4 is 16.2 Å². The minimum Gasteiger partial charge on any atom is -0.345 e. The number of anilines is 2. The molecule has 0 amide bonds. The van der Waals surface area contributed by atoms with Crippen LogP contribution in [0.1, 0.15) is 30.3 Å². The van der Waals surface area contributed by atoms with Gasteiger partial charge in [0, 0.05) is 18.4 Å². The first-order chi connectivity index (χ1) is 15.5. The van der Waals surface area contributed by atoms with Gasteiger partial charge in [0.05, 0.1) is 16.9 Å². The van der Waals surface area contributed by atoms with Crippen LogP contribution >= 0.6 is 0 Å². The second-order valence-corrected chi connectivity index (χ2v) is 7.93. The van der Waals surface area contributed by atoms with Crippen LogP contribution in [0.3, 0.4) is 0 Å². The maximum absolute atomic E-state index is 13.7. The average molecular weight is 431 g/mol. The predicted molar refractivity (Wildman–Crippen MR) is 128 cm³/mol. The van der Waals surface area contributed by atoms with Crippen molar-refractivity contribution in [3.05, 3.63) is 100 Å². The van der Waals surface area contributed by atoms with E-state index in [1.54, 1.807) is 16.7 Å². The molecule has 3 aromatic carbocycles. The summed E-state index contributed by atoms with van der Waals surface area (Å²) in [6, 6.07) is 21.8. The predicted octanol–water partition coefficient (Wildman–Crippen LogP) is 4.94. The van der Waals surface area contributed by atoms with Gasteiger partial charge in [-0.25, -0.2) is 9.37 Å². The van der Waals surface area contributed by atoms with Gasteiger partial charge in [-0.15, -0.1) is 0 Å². The number of halogens is 1. The molecule has 0 fully saturated rings. The Morgan fingerprint density at radius 2 is 1.72 bits per heavy atom. The van der Waals surface area contributed by atoms with Crippen molar-refractivity contribution < 1.29 is 4.39 Å². The highest BCUT2D eigenvalue weighted by atomic mass is 19.1. The number of aryl methyl sites for hydroxylation is 1. The molecule has 32 heavy (non-hydrogen) atoms. The van der Waals surface area contributed by atoms with E-state index in [1.807, 2.05) is 67.4 Å². The SMILES string of the molecule is Cc1nc2ccc(N(C)c3ccc(F)cc3)cc2c(=O)n1C(CCCN)c1ccccc1. The van der Waals surface area contributed by atoms with E-state index >= 15 is 0 Å². The second kappa shape index (κ2) is 9.32. The van der Waals surface area contributed by atoms with Crippen LogP contribution in [0.5, 0.6) is 0 Å².